The van der Waals surface area contributed by atoms with Crippen molar-refractivity contribution in [2.75, 3.05) is 32.8 Å². The molecule has 1 aliphatic carbocycles. The number of carbonyl (C=O) groups excluding carboxylic acids is 1. The molecule has 1 aliphatic rings. The fourth-order valence-corrected chi connectivity index (χ4v) is 1.29. The van der Waals surface area contributed by atoms with Gasteiger partial charge in [0.05, 0.1) is 0 Å². The predicted octanol–water partition coefficient (Wildman–Crippen LogP) is 0.529. The molecule has 0 aromatic rings. The molecule has 0 saturated heterocycles. The Kier molecular flexibility index (Phi) is 6.36. The zero-order chi connectivity index (χ0) is 10.9. The summed E-state index contributed by atoms with van der Waals surface area (Å²) in [4.78, 5) is 10.5. The van der Waals surface area contributed by atoms with E-state index in [1.807, 2.05) is 0 Å². The first-order valence-electron chi connectivity index (χ1n) is 5.82. The Morgan fingerprint density at radius 2 is 2.13 bits per heavy atom. The molecule has 15 heavy (non-hydrogen) atoms. The zero-order valence-corrected chi connectivity index (χ0v) is 9.55. The van der Waals surface area contributed by atoms with Gasteiger partial charge in [0.2, 0.25) is 5.91 Å². The van der Waals surface area contributed by atoms with E-state index in [4.69, 9.17) is 4.74 Å². The van der Waals surface area contributed by atoms with Gasteiger partial charge in [0.15, 0.2) is 0 Å². The van der Waals surface area contributed by atoms with Gasteiger partial charge < -0.3 is 15.4 Å². The summed E-state index contributed by atoms with van der Waals surface area (Å²) in [6.45, 7) is 5.84. The van der Waals surface area contributed by atoms with Gasteiger partial charge in [0.25, 0.3) is 0 Å². The molecule has 1 fully saturated rings. The summed E-state index contributed by atoms with van der Waals surface area (Å²) in [5.74, 6) is 0.891. The third-order valence-corrected chi connectivity index (χ3v) is 2.37. The SMILES string of the molecule is CC(=O)NCCNCCCOCC1CC1. The van der Waals surface area contributed by atoms with Crippen molar-refractivity contribution in [3.05, 3.63) is 0 Å². The van der Waals surface area contributed by atoms with Crippen LogP contribution in [0.5, 0.6) is 0 Å². The van der Waals surface area contributed by atoms with Crippen LogP contribution in [0.4, 0.5) is 0 Å². The molecule has 1 saturated carbocycles. The van der Waals surface area contributed by atoms with E-state index in [-0.39, 0.29) is 5.91 Å². The lowest BCUT2D eigenvalue weighted by Crippen LogP contribution is -2.30. The van der Waals surface area contributed by atoms with Crippen molar-refractivity contribution < 1.29 is 9.53 Å². The molecule has 0 aromatic carbocycles. The second-order valence-corrected chi connectivity index (χ2v) is 4.10. The van der Waals surface area contributed by atoms with Crippen LogP contribution in [-0.4, -0.2) is 38.8 Å². The number of rotatable bonds is 9. The van der Waals surface area contributed by atoms with E-state index in [1.165, 1.54) is 19.8 Å². The molecule has 1 amide bonds. The number of hydrogen-bond acceptors (Lipinski definition) is 3. The van der Waals surface area contributed by atoms with Gasteiger partial charge in [-0.25, -0.2) is 0 Å². The van der Waals surface area contributed by atoms with Crippen LogP contribution in [0.2, 0.25) is 0 Å². The van der Waals surface area contributed by atoms with Crippen LogP contribution in [0.3, 0.4) is 0 Å². The first-order valence-corrected chi connectivity index (χ1v) is 5.82. The smallest absolute Gasteiger partial charge is 0.216 e. The van der Waals surface area contributed by atoms with Crippen LogP contribution >= 0.6 is 0 Å². The topological polar surface area (TPSA) is 50.4 Å². The second kappa shape index (κ2) is 7.65. The Hall–Kier alpha value is -0.610. The van der Waals surface area contributed by atoms with Crippen LogP contribution in [0.25, 0.3) is 0 Å². The molecule has 0 radical (unpaired) electrons. The minimum absolute atomic E-state index is 0.0320. The third-order valence-electron chi connectivity index (χ3n) is 2.37. The van der Waals surface area contributed by atoms with Gasteiger partial charge in [-0.3, -0.25) is 4.79 Å². The van der Waals surface area contributed by atoms with Gasteiger partial charge in [-0.05, 0) is 31.7 Å². The normalized spacial score (nSPS) is 15.3. The van der Waals surface area contributed by atoms with Crippen molar-refractivity contribution in [2.45, 2.75) is 26.2 Å². The first kappa shape index (κ1) is 12.5. The lowest BCUT2D eigenvalue weighted by atomic mass is 10.4. The molecule has 88 valence electrons. The summed E-state index contributed by atoms with van der Waals surface area (Å²) in [6.07, 6.45) is 3.76. The third kappa shape index (κ3) is 8.39. The fourth-order valence-electron chi connectivity index (χ4n) is 1.29. The molecular weight excluding hydrogens is 192 g/mol. The average molecular weight is 214 g/mol. The summed E-state index contributed by atoms with van der Waals surface area (Å²) < 4.78 is 5.49. The monoisotopic (exact) mass is 214 g/mol. The molecule has 0 spiro atoms. The summed E-state index contributed by atoms with van der Waals surface area (Å²) in [7, 11) is 0. The lowest BCUT2D eigenvalue weighted by molar-refractivity contribution is -0.118. The number of nitrogens with one attached hydrogen (secondary N) is 2. The van der Waals surface area contributed by atoms with Gasteiger partial charge in [0, 0.05) is 33.2 Å². The zero-order valence-electron chi connectivity index (χ0n) is 9.55. The van der Waals surface area contributed by atoms with Crippen molar-refractivity contribution in [3.8, 4) is 0 Å². The van der Waals surface area contributed by atoms with Gasteiger partial charge in [0.1, 0.15) is 0 Å². The minimum Gasteiger partial charge on any atom is -0.381 e. The van der Waals surface area contributed by atoms with Gasteiger partial charge in [-0.1, -0.05) is 0 Å². The molecule has 0 bridgehead atoms. The Bertz CT molecular complexity index is 181. The van der Waals surface area contributed by atoms with Crippen LogP contribution in [-0.2, 0) is 9.53 Å². The highest BCUT2D eigenvalue weighted by atomic mass is 16.5. The van der Waals surface area contributed by atoms with E-state index in [0.717, 1.165) is 38.6 Å². The largest absolute Gasteiger partial charge is 0.381 e. The summed E-state index contributed by atoms with van der Waals surface area (Å²) in [6, 6.07) is 0. The molecule has 4 heteroatoms. The quantitative estimate of drug-likeness (QED) is 0.550. The standard InChI is InChI=1S/C11H22N2O2/c1-10(14)13-7-6-12-5-2-8-15-9-11-3-4-11/h11-12H,2-9H2,1H3,(H,13,14). The van der Waals surface area contributed by atoms with Crippen LogP contribution in [0, 0.1) is 5.92 Å². The lowest BCUT2D eigenvalue weighted by Gasteiger charge is -2.05. The van der Waals surface area contributed by atoms with Gasteiger partial charge in [-0.2, -0.15) is 0 Å². The number of hydrogen-bond donors (Lipinski definition) is 2. The molecule has 0 unspecified atom stereocenters. The summed E-state index contributed by atoms with van der Waals surface area (Å²) in [5.41, 5.74) is 0. The van der Waals surface area contributed by atoms with Crippen LogP contribution < -0.4 is 10.6 Å². The molecule has 2 N–H and O–H groups in total. The molecular formula is C11H22N2O2. The van der Waals surface area contributed by atoms with Crippen molar-refractivity contribution >= 4 is 5.91 Å². The molecule has 0 aliphatic heterocycles. The van der Waals surface area contributed by atoms with Gasteiger partial charge >= 0.3 is 0 Å². The van der Waals surface area contributed by atoms with Gasteiger partial charge in [-0.15, -0.1) is 0 Å². The van der Waals surface area contributed by atoms with E-state index >= 15 is 0 Å². The van der Waals surface area contributed by atoms with Crippen molar-refractivity contribution in [2.24, 2.45) is 5.92 Å². The fraction of sp³-hybridized carbons (Fsp3) is 0.909. The predicted molar refractivity (Wildman–Crippen MR) is 59.7 cm³/mol. The Labute approximate surface area is 91.8 Å². The van der Waals surface area contributed by atoms with Crippen LogP contribution in [0.15, 0.2) is 0 Å². The van der Waals surface area contributed by atoms with E-state index in [1.54, 1.807) is 0 Å². The Morgan fingerprint density at radius 1 is 1.33 bits per heavy atom. The highest BCUT2D eigenvalue weighted by molar-refractivity contribution is 5.72. The molecule has 1 rings (SSSR count). The maximum Gasteiger partial charge on any atom is 0.216 e. The maximum atomic E-state index is 10.5. The van der Waals surface area contributed by atoms with E-state index in [2.05, 4.69) is 10.6 Å². The molecule has 0 atom stereocenters. The first-order chi connectivity index (χ1) is 7.29. The highest BCUT2D eigenvalue weighted by Crippen LogP contribution is 2.28. The summed E-state index contributed by atoms with van der Waals surface area (Å²) >= 11 is 0. The molecule has 0 heterocycles. The second-order valence-electron chi connectivity index (χ2n) is 4.10. The molecule has 4 nitrogen and oxygen atoms in total. The van der Waals surface area contributed by atoms with Crippen molar-refractivity contribution in [1.82, 2.24) is 10.6 Å². The average Bonchev–Trinajstić information content (AvgIpc) is 2.98. The minimum atomic E-state index is 0.0320. The molecule has 0 aromatic heterocycles. The number of ether oxygens (including phenoxy) is 1. The van der Waals surface area contributed by atoms with E-state index in [9.17, 15) is 4.79 Å². The maximum absolute atomic E-state index is 10.5. The number of amides is 1. The summed E-state index contributed by atoms with van der Waals surface area (Å²) in [5, 5.41) is 5.99. The Balaban J connectivity index is 1.67. The highest BCUT2D eigenvalue weighted by Gasteiger charge is 2.20. The van der Waals surface area contributed by atoms with E-state index in [0.29, 0.717) is 6.54 Å². The van der Waals surface area contributed by atoms with Crippen molar-refractivity contribution in [3.63, 3.8) is 0 Å². The van der Waals surface area contributed by atoms with Crippen molar-refractivity contribution in [1.29, 1.82) is 0 Å². The van der Waals surface area contributed by atoms with E-state index < -0.39 is 0 Å². The van der Waals surface area contributed by atoms with Crippen LogP contribution in [0.1, 0.15) is 26.2 Å². The number of carbonyl (C=O) groups is 1. The Morgan fingerprint density at radius 3 is 2.80 bits per heavy atom.